The summed E-state index contributed by atoms with van der Waals surface area (Å²) in [7, 11) is 0. The van der Waals surface area contributed by atoms with Gasteiger partial charge in [-0.2, -0.15) is 0 Å². The maximum Gasteiger partial charge on any atom is 0.129 e. The van der Waals surface area contributed by atoms with Crippen molar-refractivity contribution in [2.24, 2.45) is 0 Å². The minimum Gasteiger partial charge on any atom is -0.366 e. The second-order valence-electron chi connectivity index (χ2n) is 5.09. The fourth-order valence-corrected chi connectivity index (χ4v) is 2.57. The van der Waals surface area contributed by atoms with E-state index in [1.165, 1.54) is 6.07 Å². The molecule has 0 spiro atoms. The van der Waals surface area contributed by atoms with E-state index < -0.39 is 0 Å². The van der Waals surface area contributed by atoms with Gasteiger partial charge in [0.1, 0.15) is 18.0 Å². The van der Waals surface area contributed by atoms with Crippen LogP contribution in [-0.4, -0.2) is 34.0 Å². The number of hydrogen-bond acceptors (Lipinski definition) is 4. The van der Waals surface area contributed by atoms with E-state index in [-0.39, 0.29) is 5.82 Å². The maximum absolute atomic E-state index is 13.2. The lowest BCUT2D eigenvalue weighted by Gasteiger charge is -2.17. The molecule has 5 heteroatoms. The molecule has 4 nitrogen and oxygen atoms in total. The van der Waals surface area contributed by atoms with Crippen LogP contribution in [0, 0.1) is 5.82 Å². The summed E-state index contributed by atoms with van der Waals surface area (Å²) in [4.78, 5) is 10.4. The summed E-state index contributed by atoms with van der Waals surface area (Å²) in [6.45, 7) is 2.75. The molecule has 0 bridgehead atoms. The van der Waals surface area contributed by atoms with Gasteiger partial charge in [0.15, 0.2) is 0 Å². The van der Waals surface area contributed by atoms with Crippen LogP contribution in [0.5, 0.6) is 0 Å². The molecule has 1 aromatic heterocycles. The van der Waals surface area contributed by atoms with Crippen LogP contribution >= 0.6 is 0 Å². The number of hydrogen-bond donors (Lipinski definition) is 1. The molecule has 1 unspecified atom stereocenters. The first kappa shape index (κ1) is 13.0. The summed E-state index contributed by atoms with van der Waals surface area (Å²) in [6.07, 6.45) is 4.34. The average molecular weight is 272 g/mol. The first-order valence-corrected chi connectivity index (χ1v) is 6.79. The molecule has 2 aromatic rings. The minimum atomic E-state index is -0.169. The van der Waals surface area contributed by atoms with E-state index in [1.807, 2.05) is 12.1 Å². The van der Waals surface area contributed by atoms with Crippen molar-refractivity contribution in [1.82, 2.24) is 14.9 Å². The maximum atomic E-state index is 13.2. The van der Waals surface area contributed by atoms with Crippen LogP contribution < -0.4 is 5.32 Å². The molecule has 2 heterocycles. The van der Waals surface area contributed by atoms with Gasteiger partial charge in [-0.1, -0.05) is 12.1 Å². The van der Waals surface area contributed by atoms with Crippen LogP contribution in [0.3, 0.4) is 0 Å². The predicted molar refractivity (Wildman–Crippen MR) is 75.7 cm³/mol. The van der Waals surface area contributed by atoms with E-state index in [2.05, 4.69) is 20.2 Å². The topological polar surface area (TPSA) is 41.0 Å². The molecule has 1 aromatic carbocycles. The summed E-state index contributed by atoms with van der Waals surface area (Å²) >= 11 is 0. The Labute approximate surface area is 117 Å². The third-order valence-electron chi connectivity index (χ3n) is 3.50. The van der Waals surface area contributed by atoms with E-state index in [4.69, 9.17) is 0 Å². The summed E-state index contributed by atoms with van der Waals surface area (Å²) in [5, 5.41) is 3.40. The van der Waals surface area contributed by atoms with Crippen molar-refractivity contribution >= 4 is 5.82 Å². The highest BCUT2D eigenvalue weighted by Crippen LogP contribution is 2.16. The van der Waals surface area contributed by atoms with Gasteiger partial charge in [0.25, 0.3) is 0 Å². The normalized spacial score (nSPS) is 19.1. The van der Waals surface area contributed by atoms with Crippen LogP contribution in [0.25, 0.3) is 0 Å². The zero-order valence-electron chi connectivity index (χ0n) is 11.2. The number of nitrogens with zero attached hydrogens (tertiary/aromatic N) is 3. The molecule has 0 aliphatic carbocycles. The predicted octanol–water partition coefficient (Wildman–Crippen LogP) is 2.30. The molecule has 1 aliphatic heterocycles. The Morgan fingerprint density at radius 3 is 3.10 bits per heavy atom. The molecule has 104 valence electrons. The van der Waals surface area contributed by atoms with Gasteiger partial charge in [0.2, 0.25) is 0 Å². The van der Waals surface area contributed by atoms with E-state index in [1.54, 1.807) is 24.7 Å². The third kappa shape index (κ3) is 3.30. The van der Waals surface area contributed by atoms with Gasteiger partial charge in [-0.25, -0.2) is 14.4 Å². The van der Waals surface area contributed by atoms with Gasteiger partial charge in [0, 0.05) is 31.9 Å². The molecular formula is C15H17FN4. The number of nitrogens with one attached hydrogen (secondary N) is 1. The number of halogens is 1. The summed E-state index contributed by atoms with van der Waals surface area (Å²) < 4.78 is 13.2. The third-order valence-corrected chi connectivity index (χ3v) is 3.50. The smallest absolute Gasteiger partial charge is 0.129 e. The van der Waals surface area contributed by atoms with Crippen molar-refractivity contribution in [3.8, 4) is 0 Å². The molecule has 1 atom stereocenters. The molecular weight excluding hydrogens is 255 g/mol. The monoisotopic (exact) mass is 272 g/mol. The standard InChI is InChI=1S/C15H17FN4/c16-13-3-1-2-12(8-13)9-20-7-5-14(10-20)19-15-4-6-17-11-18-15/h1-4,6,8,11,14H,5,7,9-10H2,(H,17,18,19). The van der Waals surface area contributed by atoms with Crippen molar-refractivity contribution in [3.63, 3.8) is 0 Å². The average Bonchev–Trinajstić information content (AvgIpc) is 2.87. The molecule has 0 saturated carbocycles. The number of likely N-dealkylation sites (tertiary alicyclic amines) is 1. The van der Waals surface area contributed by atoms with Gasteiger partial charge < -0.3 is 5.32 Å². The van der Waals surface area contributed by atoms with Crippen molar-refractivity contribution in [3.05, 3.63) is 54.2 Å². The Balaban J connectivity index is 1.54. The molecule has 20 heavy (non-hydrogen) atoms. The fourth-order valence-electron chi connectivity index (χ4n) is 2.57. The molecule has 1 N–H and O–H groups in total. The molecule has 0 amide bonds. The van der Waals surface area contributed by atoms with Crippen molar-refractivity contribution in [2.45, 2.75) is 19.0 Å². The van der Waals surface area contributed by atoms with Gasteiger partial charge >= 0.3 is 0 Å². The Kier molecular flexibility index (Phi) is 3.87. The molecule has 1 aliphatic rings. The minimum absolute atomic E-state index is 0.169. The Morgan fingerprint density at radius 1 is 1.35 bits per heavy atom. The Morgan fingerprint density at radius 2 is 2.30 bits per heavy atom. The summed E-state index contributed by atoms with van der Waals surface area (Å²) in [6, 6.07) is 9.07. The highest BCUT2D eigenvalue weighted by molar-refractivity contribution is 5.33. The van der Waals surface area contributed by atoms with Crippen LogP contribution in [0.4, 0.5) is 10.2 Å². The van der Waals surface area contributed by atoms with E-state index in [0.29, 0.717) is 6.04 Å². The lowest BCUT2D eigenvalue weighted by Crippen LogP contribution is -2.26. The van der Waals surface area contributed by atoms with Gasteiger partial charge in [0.05, 0.1) is 0 Å². The van der Waals surface area contributed by atoms with E-state index >= 15 is 0 Å². The second-order valence-corrected chi connectivity index (χ2v) is 5.09. The lowest BCUT2D eigenvalue weighted by molar-refractivity contribution is 0.328. The number of benzene rings is 1. The highest BCUT2D eigenvalue weighted by atomic mass is 19.1. The van der Waals surface area contributed by atoms with Crippen molar-refractivity contribution in [2.75, 3.05) is 18.4 Å². The quantitative estimate of drug-likeness (QED) is 0.927. The van der Waals surface area contributed by atoms with Gasteiger partial charge in [-0.3, -0.25) is 4.90 Å². The Bertz CT molecular complexity index is 561. The number of aromatic nitrogens is 2. The number of rotatable bonds is 4. The van der Waals surface area contributed by atoms with Crippen molar-refractivity contribution in [1.29, 1.82) is 0 Å². The van der Waals surface area contributed by atoms with E-state index in [0.717, 1.165) is 37.4 Å². The largest absolute Gasteiger partial charge is 0.366 e. The first-order chi connectivity index (χ1) is 9.79. The zero-order valence-corrected chi connectivity index (χ0v) is 11.2. The lowest BCUT2D eigenvalue weighted by atomic mass is 10.2. The van der Waals surface area contributed by atoms with Crippen molar-refractivity contribution < 1.29 is 4.39 Å². The molecule has 3 rings (SSSR count). The van der Waals surface area contributed by atoms with Gasteiger partial charge in [-0.05, 0) is 30.2 Å². The summed E-state index contributed by atoms with van der Waals surface area (Å²) in [5.74, 6) is 0.690. The Hall–Kier alpha value is -2.01. The fraction of sp³-hybridized carbons (Fsp3) is 0.333. The first-order valence-electron chi connectivity index (χ1n) is 6.79. The van der Waals surface area contributed by atoms with Gasteiger partial charge in [-0.15, -0.1) is 0 Å². The molecule has 0 radical (unpaired) electrons. The van der Waals surface area contributed by atoms with Crippen LogP contribution in [0.1, 0.15) is 12.0 Å². The second kappa shape index (κ2) is 5.96. The van der Waals surface area contributed by atoms with E-state index in [9.17, 15) is 4.39 Å². The van der Waals surface area contributed by atoms with Crippen LogP contribution in [0.2, 0.25) is 0 Å². The highest BCUT2D eigenvalue weighted by Gasteiger charge is 2.22. The SMILES string of the molecule is Fc1cccc(CN2CCC(Nc3ccncn3)C2)c1. The molecule has 1 fully saturated rings. The van der Waals surface area contributed by atoms with Crippen LogP contribution in [-0.2, 0) is 6.54 Å². The van der Waals surface area contributed by atoms with Crippen LogP contribution in [0.15, 0.2) is 42.9 Å². The summed E-state index contributed by atoms with van der Waals surface area (Å²) in [5.41, 5.74) is 1.02. The number of anilines is 1. The molecule has 1 saturated heterocycles. The zero-order chi connectivity index (χ0) is 13.8.